The fourth-order valence-electron chi connectivity index (χ4n) is 6.64. The molecule has 0 bridgehead atoms. The highest BCUT2D eigenvalue weighted by Crippen LogP contribution is 2.53. The van der Waals surface area contributed by atoms with Crippen molar-refractivity contribution in [3.8, 4) is 5.75 Å². The van der Waals surface area contributed by atoms with Gasteiger partial charge in [-0.25, -0.2) is 9.29 Å². The van der Waals surface area contributed by atoms with Gasteiger partial charge in [0.15, 0.2) is 0 Å². The van der Waals surface area contributed by atoms with Gasteiger partial charge < -0.3 is 15.0 Å². The number of carbonyl (C=O) groups is 3. The molecule has 2 N–H and O–H groups in total. The summed E-state index contributed by atoms with van der Waals surface area (Å²) in [5.41, 5.74) is -0.979. The monoisotopic (exact) mass is 467 g/mol. The first kappa shape index (κ1) is 20.7. The van der Waals surface area contributed by atoms with Crippen molar-refractivity contribution in [1.29, 1.82) is 0 Å². The molecule has 34 heavy (non-hydrogen) atoms. The van der Waals surface area contributed by atoms with Crippen LogP contribution in [0.15, 0.2) is 36.4 Å². The second kappa shape index (κ2) is 6.83. The first-order valence-electron chi connectivity index (χ1n) is 11.0. The first-order chi connectivity index (χ1) is 16.3. The summed E-state index contributed by atoms with van der Waals surface area (Å²) in [5, 5.41) is 14.2. The standard InChI is InChI=1S/C23H19FN4O6/c1-34-17-7-5-12(28(32)33)10-16(17)27-20(29)18-15-3-2-8-26(15)23(19(18)21(27)30)13-9-11(24)4-6-14(13)25-22(23)31/h4-7,9-10,15,18-19H,2-3,8H2,1H3,(H,25,31)/p+1/t15-,18+,19+,23-/m1/s1. The molecule has 4 aliphatic heterocycles. The number of ether oxygens (including phenoxy) is 1. The molecule has 2 aromatic rings. The predicted molar refractivity (Wildman–Crippen MR) is 115 cm³/mol. The molecular formula is C23H20FN4O6+. The van der Waals surface area contributed by atoms with Crippen LogP contribution in [0.3, 0.4) is 0 Å². The minimum Gasteiger partial charge on any atom is -0.495 e. The fraction of sp³-hybridized carbons (Fsp3) is 0.348. The average Bonchev–Trinajstić information content (AvgIpc) is 3.52. The van der Waals surface area contributed by atoms with Crippen LogP contribution in [0.4, 0.5) is 21.5 Å². The molecule has 0 radical (unpaired) electrons. The molecule has 6 rings (SSSR count). The van der Waals surface area contributed by atoms with Crippen molar-refractivity contribution < 1.29 is 33.3 Å². The smallest absolute Gasteiger partial charge is 0.291 e. The topological polar surface area (TPSA) is 123 Å². The van der Waals surface area contributed by atoms with Gasteiger partial charge in [0.1, 0.15) is 35.1 Å². The Morgan fingerprint density at radius 1 is 1.21 bits per heavy atom. The molecular weight excluding hydrogens is 447 g/mol. The Labute approximate surface area is 192 Å². The lowest BCUT2D eigenvalue weighted by Crippen LogP contribution is -3.19. The third kappa shape index (κ3) is 2.34. The van der Waals surface area contributed by atoms with Gasteiger partial charge in [-0.1, -0.05) is 0 Å². The number of carbonyl (C=O) groups excluding carboxylic acids is 3. The Morgan fingerprint density at radius 2 is 2.00 bits per heavy atom. The van der Waals surface area contributed by atoms with E-state index in [1.165, 1.54) is 37.4 Å². The van der Waals surface area contributed by atoms with E-state index >= 15 is 0 Å². The highest BCUT2D eigenvalue weighted by Gasteiger charge is 2.78. The Kier molecular flexibility index (Phi) is 4.16. The molecule has 3 saturated heterocycles. The van der Waals surface area contributed by atoms with Crippen LogP contribution < -0.4 is 19.9 Å². The Bertz CT molecular complexity index is 1310. The number of nitro benzene ring substituents is 1. The van der Waals surface area contributed by atoms with E-state index in [-0.39, 0.29) is 23.2 Å². The minimum atomic E-state index is -1.45. The maximum Gasteiger partial charge on any atom is 0.291 e. The number of hydrogen-bond donors (Lipinski definition) is 2. The van der Waals surface area contributed by atoms with Gasteiger partial charge in [0.2, 0.25) is 17.4 Å². The number of nitrogens with one attached hydrogen (secondary N) is 2. The maximum absolute atomic E-state index is 14.4. The fourth-order valence-corrected chi connectivity index (χ4v) is 6.64. The summed E-state index contributed by atoms with van der Waals surface area (Å²) in [6, 6.07) is 7.35. The number of nitrogens with zero attached hydrogens (tertiary/aromatic N) is 2. The summed E-state index contributed by atoms with van der Waals surface area (Å²) in [7, 11) is 1.34. The van der Waals surface area contributed by atoms with Crippen molar-refractivity contribution in [2.75, 3.05) is 23.9 Å². The summed E-state index contributed by atoms with van der Waals surface area (Å²) < 4.78 is 19.7. The zero-order chi connectivity index (χ0) is 23.9. The van der Waals surface area contributed by atoms with Crippen LogP contribution in [-0.4, -0.2) is 42.3 Å². The highest BCUT2D eigenvalue weighted by atomic mass is 19.1. The van der Waals surface area contributed by atoms with E-state index in [1.807, 2.05) is 0 Å². The molecule has 4 heterocycles. The summed E-state index contributed by atoms with van der Waals surface area (Å²) in [6.07, 6.45) is 1.39. The number of non-ortho nitro benzene ring substituents is 1. The van der Waals surface area contributed by atoms with Crippen molar-refractivity contribution in [3.05, 3.63) is 57.9 Å². The van der Waals surface area contributed by atoms with E-state index in [0.29, 0.717) is 24.2 Å². The zero-order valence-corrected chi connectivity index (χ0v) is 18.0. The number of anilines is 2. The van der Waals surface area contributed by atoms with Crippen LogP contribution in [-0.2, 0) is 19.9 Å². The van der Waals surface area contributed by atoms with Crippen molar-refractivity contribution >= 4 is 34.8 Å². The number of amides is 3. The Balaban J connectivity index is 1.56. The average molecular weight is 467 g/mol. The van der Waals surface area contributed by atoms with E-state index in [9.17, 15) is 28.9 Å². The number of fused-ring (bicyclic) bond motifs is 7. The Morgan fingerprint density at radius 3 is 2.74 bits per heavy atom. The van der Waals surface area contributed by atoms with E-state index in [2.05, 4.69) is 5.32 Å². The van der Waals surface area contributed by atoms with E-state index in [0.717, 1.165) is 22.3 Å². The number of imide groups is 1. The maximum atomic E-state index is 14.4. The molecule has 1 spiro atoms. The van der Waals surface area contributed by atoms with Crippen molar-refractivity contribution in [2.24, 2.45) is 11.8 Å². The second-order valence-corrected chi connectivity index (χ2v) is 9.10. The SMILES string of the molecule is COc1ccc([N+](=O)[O-])cc1N1C(=O)[C@H]2[C@H]3CCC[NH+]3[C@@]3(C(=O)Nc4ccc(F)cc43)[C@@H]2C1=O. The molecule has 4 aliphatic rings. The summed E-state index contributed by atoms with van der Waals surface area (Å²) in [5.74, 6) is -3.88. The van der Waals surface area contributed by atoms with Gasteiger partial charge in [0, 0.05) is 30.5 Å². The largest absolute Gasteiger partial charge is 0.495 e. The second-order valence-electron chi connectivity index (χ2n) is 9.10. The van der Waals surface area contributed by atoms with Crippen molar-refractivity contribution in [2.45, 2.75) is 24.4 Å². The lowest BCUT2D eigenvalue weighted by atomic mass is 9.75. The van der Waals surface area contributed by atoms with Crippen LogP contribution >= 0.6 is 0 Å². The summed E-state index contributed by atoms with van der Waals surface area (Å²) in [4.78, 5) is 53.8. The Hall–Kier alpha value is -3.86. The molecule has 0 aliphatic carbocycles. The zero-order valence-electron chi connectivity index (χ0n) is 18.0. The summed E-state index contributed by atoms with van der Waals surface area (Å²) in [6.45, 7) is 0.571. The van der Waals surface area contributed by atoms with Crippen LogP contribution in [0.2, 0.25) is 0 Å². The van der Waals surface area contributed by atoms with Crippen LogP contribution in [0.1, 0.15) is 18.4 Å². The van der Waals surface area contributed by atoms with Crippen LogP contribution in [0, 0.1) is 27.8 Å². The van der Waals surface area contributed by atoms with Gasteiger partial charge >= 0.3 is 0 Å². The highest BCUT2D eigenvalue weighted by molar-refractivity contribution is 6.25. The lowest BCUT2D eigenvalue weighted by molar-refractivity contribution is -0.948. The molecule has 11 heteroatoms. The number of benzene rings is 2. The number of halogens is 1. The molecule has 2 aromatic carbocycles. The summed E-state index contributed by atoms with van der Waals surface area (Å²) >= 11 is 0. The molecule has 174 valence electrons. The lowest BCUT2D eigenvalue weighted by Gasteiger charge is -2.33. The molecule has 0 saturated carbocycles. The molecule has 5 atom stereocenters. The van der Waals surface area contributed by atoms with Gasteiger partial charge in [0.25, 0.3) is 11.6 Å². The third-order valence-corrected chi connectivity index (χ3v) is 7.79. The van der Waals surface area contributed by atoms with E-state index in [1.54, 1.807) is 0 Å². The van der Waals surface area contributed by atoms with Crippen LogP contribution in [0.5, 0.6) is 5.75 Å². The first-order valence-corrected chi connectivity index (χ1v) is 11.0. The predicted octanol–water partition coefficient (Wildman–Crippen LogP) is 0.757. The number of nitro groups is 1. The van der Waals surface area contributed by atoms with E-state index < -0.39 is 45.8 Å². The number of hydrogen-bond acceptors (Lipinski definition) is 6. The molecule has 3 amide bonds. The normalized spacial score (nSPS) is 31.0. The van der Waals surface area contributed by atoms with E-state index in [4.69, 9.17) is 4.74 Å². The third-order valence-electron chi connectivity index (χ3n) is 7.79. The van der Waals surface area contributed by atoms with Gasteiger partial charge in [-0.05, 0) is 24.3 Å². The number of quaternary nitrogens is 1. The number of methoxy groups -OCH3 is 1. The molecule has 0 aromatic heterocycles. The van der Waals surface area contributed by atoms with Crippen molar-refractivity contribution in [3.63, 3.8) is 0 Å². The van der Waals surface area contributed by atoms with Crippen molar-refractivity contribution in [1.82, 2.24) is 0 Å². The molecule has 10 nitrogen and oxygen atoms in total. The number of rotatable bonds is 3. The van der Waals surface area contributed by atoms with Gasteiger partial charge in [-0.2, -0.15) is 0 Å². The van der Waals surface area contributed by atoms with Gasteiger partial charge in [-0.15, -0.1) is 0 Å². The quantitative estimate of drug-likeness (QED) is 0.390. The van der Waals surface area contributed by atoms with Gasteiger partial charge in [0.05, 0.1) is 24.3 Å². The van der Waals surface area contributed by atoms with Crippen LogP contribution in [0.25, 0.3) is 0 Å². The molecule has 3 fully saturated rings. The minimum absolute atomic E-state index is 0.0336. The van der Waals surface area contributed by atoms with Gasteiger partial charge in [-0.3, -0.25) is 24.5 Å². The molecule has 1 unspecified atom stereocenters.